The number of carboxylic acid groups (broad SMARTS) is 1. The van der Waals surface area contributed by atoms with E-state index in [-0.39, 0.29) is 4.90 Å². The zero-order valence-electron chi connectivity index (χ0n) is 11.7. The summed E-state index contributed by atoms with van der Waals surface area (Å²) < 4.78 is 27.1. The van der Waals surface area contributed by atoms with E-state index in [9.17, 15) is 18.3 Å². The van der Waals surface area contributed by atoms with Crippen LogP contribution < -0.4 is 4.72 Å². The summed E-state index contributed by atoms with van der Waals surface area (Å²) in [7, 11) is -3.84. The number of aromatic hydroxyl groups is 1. The Morgan fingerprint density at radius 2 is 1.85 bits per heavy atom. The maximum absolute atomic E-state index is 12.3. The number of rotatable bonds is 6. The average molecular weight is 301 g/mol. The van der Waals surface area contributed by atoms with E-state index in [2.05, 4.69) is 4.72 Å². The number of aromatic carboxylic acids is 1. The van der Waals surface area contributed by atoms with Crippen molar-refractivity contribution in [3.8, 4) is 5.75 Å². The van der Waals surface area contributed by atoms with E-state index in [1.54, 1.807) is 6.92 Å². The minimum absolute atomic E-state index is 0.180. The first-order valence-corrected chi connectivity index (χ1v) is 7.74. The molecule has 0 aliphatic rings. The smallest absolute Gasteiger partial charge is 0.339 e. The Morgan fingerprint density at radius 1 is 1.30 bits per heavy atom. The second kappa shape index (κ2) is 5.80. The molecule has 0 unspecified atom stereocenters. The van der Waals surface area contributed by atoms with Gasteiger partial charge in [-0.05, 0) is 38.0 Å². The molecule has 1 aromatic rings. The standard InChI is InChI=1S/C13H19NO5S/c1-4-13(3,5-2)14-20(18,19)9-6-7-11(15)10(8-9)12(16)17/h6-8,14-15H,4-5H2,1-3H3,(H,16,17). The highest BCUT2D eigenvalue weighted by Gasteiger charge is 2.28. The Labute approximate surface area is 118 Å². The van der Waals surface area contributed by atoms with E-state index >= 15 is 0 Å². The maximum atomic E-state index is 12.3. The zero-order valence-corrected chi connectivity index (χ0v) is 12.5. The fourth-order valence-electron chi connectivity index (χ4n) is 1.63. The van der Waals surface area contributed by atoms with Gasteiger partial charge < -0.3 is 10.2 Å². The maximum Gasteiger partial charge on any atom is 0.339 e. The van der Waals surface area contributed by atoms with E-state index < -0.39 is 32.8 Å². The molecule has 0 radical (unpaired) electrons. The summed E-state index contributed by atoms with van der Waals surface area (Å²) >= 11 is 0. The summed E-state index contributed by atoms with van der Waals surface area (Å²) in [4.78, 5) is 10.7. The Hall–Kier alpha value is -1.60. The van der Waals surface area contributed by atoms with Gasteiger partial charge in [-0.25, -0.2) is 17.9 Å². The van der Waals surface area contributed by atoms with Crippen LogP contribution >= 0.6 is 0 Å². The van der Waals surface area contributed by atoms with Crippen LogP contribution in [0.4, 0.5) is 0 Å². The molecule has 0 saturated heterocycles. The number of sulfonamides is 1. The first kappa shape index (κ1) is 16.5. The summed E-state index contributed by atoms with van der Waals surface area (Å²) in [6.45, 7) is 5.51. The fourth-order valence-corrected chi connectivity index (χ4v) is 3.21. The number of hydrogen-bond acceptors (Lipinski definition) is 4. The molecule has 6 nitrogen and oxygen atoms in total. The highest BCUT2D eigenvalue weighted by Crippen LogP contribution is 2.23. The van der Waals surface area contributed by atoms with Crippen LogP contribution in [0.2, 0.25) is 0 Å². The molecule has 0 amide bonds. The minimum atomic E-state index is -3.84. The second-order valence-corrected chi connectivity index (χ2v) is 6.54. The monoisotopic (exact) mass is 301 g/mol. The van der Waals surface area contributed by atoms with Crippen molar-refractivity contribution in [3.63, 3.8) is 0 Å². The molecular weight excluding hydrogens is 282 g/mol. The van der Waals surface area contributed by atoms with Crippen molar-refractivity contribution in [2.24, 2.45) is 0 Å². The van der Waals surface area contributed by atoms with Gasteiger partial charge in [-0.15, -0.1) is 0 Å². The van der Waals surface area contributed by atoms with Crippen LogP contribution in [0, 0.1) is 0 Å². The van der Waals surface area contributed by atoms with Crippen LogP contribution in [0.25, 0.3) is 0 Å². The molecule has 1 rings (SSSR count). The molecule has 0 atom stereocenters. The fraction of sp³-hybridized carbons (Fsp3) is 0.462. The van der Waals surface area contributed by atoms with Gasteiger partial charge in [0, 0.05) is 5.54 Å². The van der Waals surface area contributed by atoms with Gasteiger partial charge in [0.15, 0.2) is 0 Å². The third-order valence-electron chi connectivity index (χ3n) is 3.45. The Morgan fingerprint density at radius 3 is 2.30 bits per heavy atom. The molecule has 3 N–H and O–H groups in total. The predicted molar refractivity (Wildman–Crippen MR) is 74.4 cm³/mol. The highest BCUT2D eigenvalue weighted by molar-refractivity contribution is 7.89. The summed E-state index contributed by atoms with van der Waals surface area (Å²) in [6, 6.07) is 3.19. The van der Waals surface area contributed by atoms with Crippen molar-refractivity contribution in [1.82, 2.24) is 4.72 Å². The average Bonchev–Trinajstić information content (AvgIpc) is 2.38. The van der Waals surface area contributed by atoms with Crippen LogP contribution in [0.5, 0.6) is 5.75 Å². The number of carbonyl (C=O) groups is 1. The van der Waals surface area contributed by atoms with Crippen molar-refractivity contribution >= 4 is 16.0 Å². The summed E-state index contributed by atoms with van der Waals surface area (Å²) in [5.41, 5.74) is -1.04. The van der Waals surface area contributed by atoms with Gasteiger partial charge >= 0.3 is 5.97 Å². The topological polar surface area (TPSA) is 104 Å². The van der Waals surface area contributed by atoms with Gasteiger partial charge in [0.1, 0.15) is 11.3 Å². The third kappa shape index (κ3) is 3.49. The van der Waals surface area contributed by atoms with Crippen molar-refractivity contribution < 1.29 is 23.4 Å². The van der Waals surface area contributed by atoms with Crippen LogP contribution in [0.15, 0.2) is 23.1 Å². The van der Waals surface area contributed by atoms with Gasteiger partial charge in [-0.3, -0.25) is 0 Å². The quantitative estimate of drug-likeness (QED) is 0.745. The van der Waals surface area contributed by atoms with Crippen LogP contribution in [-0.2, 0) is 10.0 Å². The van der Waals surface area contributed by atoms with Crippen molar-refractivity contribution in [2.75, 3.05) is 0 Å². The molecule has 1 aromatic carbocycles. The molecule has 0 fully saturated rings. The molecule has 0 aliphatic carbocycles. The lowest BCUT2D eigenvalue weighted by atomic mass is 9.98. The number of hydrogen-bond donors (Lipinski definition) is 3. The SMILES string of the molecule is CCC(C)(CC)NS(=O)(=O)c1ccc(O)c(C(=O)O)c1. The largest absolute Gasteiger partial charge is 0.507 e. The molecule has 7 heteroatoms. The van der Waals surface area contributed by atoms with E-state index in [0.717, 1.165) is 12.1 Å². The molecule has 0 heterocycles. The normalized spacial score (nSPS) is 12.3. The lowest BCUT2D eigenvalue weighted by molar-refractivity contribution is 0.0693. The van der Waals surface area contributed by atoms with Gasteiger partial charge in [-0.1, -0.05) is 13.8 Å². The molecule has 0 bridgehead atoms. The molecule has 0 aliphatic heterocycles. The molecule has 0 spiro atoms. The molecular formula is C13H19NO5S. The van der Waals surface area contributed by atoms with Crippen molar-refractivity contribution in [2.45, 2.75) is 44.0 Å². The molecule has 0 saturated carbocycles. The number of phenols is 1. The van der Waals surface area contributed by atoms with Crippen LogP contribution in [-0.4, -0.2) is 30.1 Å². The van der Waals surface area contributed by atoms with E-state index in [1.165, 1.54) is 6.07 Å². The van der Waals surface area contributed by atoms with E-state index in [4.69, 9.17) is 5.11 Å². The zero-order chi connectivity index (χ0) is 15.6. The van der Waals surface area contributed by atoms with E-state index in [1.807, 2.05) is 13.8 Å². The first-order valence-electron chi connectivity index (χ1n) is 6.25. The number of benzene rings is 1. The van der Waals surface area contributed by atoms with Gasteiger partial charge in [0.2, 0.25) is 10.0 Å². The Kier molecular flexibility index (Phi) is 4.77. The van der Waals surface area contributed by atoms with E-state index in [0.29, 0.717) is 12.8 Å². The van der Waals surface area contributed by atoms with Crippen LogP contribution in [0.3, 0.4) is 0 Å². The number of carboxylic acids is 1. The van der Waals surface area contributed by atoms with Crippen molar-refractivity contribution in [3.05, 3.63) is 23.8 Å². The molecule has 20 heavy (non-hydrogen) atoms. The van der Waals surface area contributed by atoms with Gasteiger partial charge in [0.25, 0.3) is 0 Å². The predicted octanol–water partition coefficient (Wildman–Crippen LogP) is 1.95. The summed E-state index contributed by atoms with van der Waals surface area (Å²) in [6.07, 6.45) is 1.21. The first-order chi connectivity index (χ1) is 9.15. The Bertz CT molecular complexity index is 605. The minimum Gasteiger partial charge on any atom is -0.507 e. The lowest BCUT2D eigenvalue weighted by Crippen LogP contribution is -2.44. The van der Waals surface area contributed by atoms with Gasteiger partial charge in [0.05, 0.1) is 4.90 Å². The Balaban J connectivity index is 3.23. The second-order valence-electron chi connectivity index (χ2n) is 4.86. The summed E-state index contributed by atoms with van der Waals surface area (Å²) in [5, 5.41) is 18.3. The molecule has 112 valence electrons. The lowest BCUT2D eigenvalue weighted by Gasteiger charge is -2.27. The molecule has 0 aromatic heterocycles. The van der Waals surface area contributed by atoms with Crippen molar-refractivity contribution in [1.29, 1.82) is 0 Å². The van der Waals surface area contributed by atoms with Gasteiger partial charge in [-0.2, -0.15) is 0 Å². The summed E-state index contributed by atoms with van der Waals surface area (Å²) in [5.74, 6) is -1.85. The number of nitrogens with one attached hydrogen (secondary N) is 1. The highest BCUT2D eigenvalue weighted by atomic mass is 32.2. The van der Waals surface area contributed by atoms with Crippen LogP contribution in [0.1, 0.15) is 44.0 Å². The third-order valence-corrected chi connectivity index (χ3v) is 5.09.